The lowest BCUT2D eigenvalue weighted by atomic mass is 10.1. The molecule has 108 valence electrons. The molecule has 0 saturated heterocycles. The fraction of sp³-hybridized carbons (Fsp3) is 0.438. The molecule has 4 heteroatoms. The zero-order valence-corrected chi connectivity index (χ0v) is 13.4. The van der Waals surface area contributed by atoms with Crippen molar-refractivity contribution in [3.63, 3.8) is 0 Å². The van der Waals surface area contributed by atoms with Crippen molar-refractivity contribution in [3.05, 3.63) is 30.3 Å². The van der Waals surface area contributed by atoms with Gasteiger partial charge in [-0.15, -0.1) is 0 Å². The van der Waals surface area contributed by atoms with E-state index in [9.17, 15) is 4.79 Å². The highest BCUT2D eigenvalue weighted by Crippen LogP contribution is 2.27. The average Bonchev–Trinajstić information content (AvgIpc) is 2.76. The van der Waals surface area contributed by atoms with Crippen LogP contribution in [0.15, 0.2) is 30.3 Å². The third kappa shape index (κ3) is 3.85. The van der Waals surface area contributed by atoms with Gasteiger partial charge in [0.1, 0.15) is 0 Å². The normalized spacial score (nSPS) is 10.9. The van der Waals surface area contributed by atoms with Crippen molar-refractivity contribution in [1.82, 2.24) is 3.59 Å². The van der Waals surface area contributed by atoms with Crippen molar-refractivity contribution in [2.45, 2.75) is 45.4 Å². The standard InChI is InChI=1S/C16H20BrNO2/c1-2-3-4-5-6-11-16(19)20-15-12-13-9-7-8-10-14(13)18(15)17/h7-10,12H,2-6,11H2,1H3. The van der Waals surface area contributed by atoms with Gasteiger partial charge >= 0.3 is 5.97 Å². The number of benzene rings is 1. The molecule has 20 heavy (non-hydrogen) atoms. The van der Waals surface area contributed by atoms with E-state index < -0.39 is 0 Å². The van der Waals surface area contributed by atoms with Crippen LogP contribution in [0.25, 0.3) is 10.9 Å². The van der Waals surface area contributed by atoms with E-state index in [1.54, 1.807) is 3.59 Å². The molecule has 0 saturated carbocycles. The monoisotopic (exact) mass is 337 g/mol. The van der Waals surface area contributed by atoms with E-state index in [-0.39, 0.29) is 5.97 Å². The van der Waals surface area contributed by atoms with Crippen LogP contribution in [0.5, 0.6) is 5.88 Å². The third-order valence-corrected chi connectivity index (χ3v) is 4.06. The van der Waals surface area contributed by atoms with Crippen molar-refractivity contribution in [2.24, 2.45) is 0 Å². The lowest BCUT2D eigenvalue weighted by Crippen LogP contribution is -2.08. The topological polar surface area (TPSA) is 31.2 Å². The van der Waals surface area contributed by atoms with Crippen molar-refractivity contribution < 1.29 is 9.53 Å². The van der Waals surface area contributed by atoms with Gasteiger partial charge in [0.2, 0.25) is 5.88 Å². The van der Waals surface area contributed by atoms with Gasteiger partial charge in [0.25, 0.3) is 0 Å². The summed E-state index contributed by atoms with van der Waals surface area (Å²) in [7, 11) is 0. The van der Waals surface area contributed by atoms with Crippen LogP contribution in [0.3, 0.4) is 0 Å². The first-order valence-corrected chi connectivity index (χ1v) is 7.90. The molecule has 0 fully saturated rings. The summed E-state index contributed by atoms with van der Waals surface area (Å²) < 4.78 is 7.15. The van der Waals surface area contributed by atoms with Crippen LogP contribution in [-0.4, -0.2) is 9.56 Å². The number of carbonyl (C=O) groups is 1. The van der Waals surface area contributed by atoms with E-state index in [2.05, 4.69) is 23.1 Å². The molecule has 2 rings (SSSR count). The van der Waals surface area contributed by atoms with E-state index in [1.807, 2.05) is 30.3 Å². The lowest BCUT2D eigenvalue weighted by molar-refractivity contribution is -0.134. The van der Waals surface area contributed by atoms with Crippen LogP contribution in [0.1, 0.15) is 45.4 Å². The lowest BCUT2D eigenvalue weighted by Gasteiger charge is -2.04. The maximum atomic E-state index is 11.8. The number of unbranched alkanes of at least 4 members (excludes halogenated alkanes) is 4. The first kappa shape index (κ1) is 15.1. The second-order valence-electron chi connectivity index (χ2n) is 4.96. The number of halogens is 1. The summed E-state index contributed by atoms with van der Waals surface area (Å²) in [5.74, 6) is 0.384. The number of aromatic nitrogens is 1. The molecular weight excluding hydrogens is 318 g/mol. The molecule has 3 nitrogen and oxygen atoms in total. The summed E-state index contributed by atoms with van der Waals surface area (Å²) in [5.41, 5.74) is 0.998. The predicted octanol–water partition coefficient (Wildman–Crippen LogP) is 5.07. The summed E-state index contributed by atoms with van der Waals surface area (Å²) in [6, 6.07) is 9.77. The number of esters is 1. The number of carbonyl (C=O) groups excluding carboxylic acids is 1. The van der Waals surface area contributed by atoms with Crippen LogP contribution in [0, 0.1) is 0 Å². The molecule has 2 aromatic rings. The molecule has 1 heterocycles. The Morgan fingerprint density at radius 3 is 2.70 bits per heavy atom. The Kier molecular flexibility index (Phi) is 5.65. The molecular formula is C16H20BrNO2. The number of fused-ring (bicyclic) bond motifs is 1. The molecule has 0 bridgehead atoms. The molecule has 0 aliphatic rings. The molecule has 0 N–H and O–H groups in total. The number of nitrogens with zero attached hydrogens (tertiary/aromatic N) is 1. The molecule has 0 spiro atoms. The first-order valence-electron chi connectivity index (χ1n) is 7.19. The maximum absolute atomic E-state index is 11.8. The molecule has 1 aromatic carbocycles. The van der Waals surface area contributed by atoms with Gasteiger partial charge in [-0.05, 0) is 12.5 Å². The van der Waals surface area contributed by atoms with E-state index in [1.165, 1.54) is 19.3 Å². The molecule has 0 unspecified atom stereocenters. The molecule has 1 aromatic heterocycles. The summed E-state index contributed by atoms with van der Waals surface area (Å²) >= 11 is 3.42. The SMILES string of the molecule is CCCCCCCC(=O)Oc1cc2ccccc2n1Br. The second kappa shape index (κ2) is 7.48. The Hall–Kier alpha value is -1.29. The quantitative estimate of drug-likeness (QED) is 0.522. The second-order valence-corrected chi connectivity index (χ2v) is 5.67. The van der Waals surface area contributed by atoms with Gasteiger partial charge in [0.05, 0.1) is 21.7 Å². The van der Waals surface area contributed by atoms with E-state index in [4.69, 9.17) is 4.74 Å². The summed E-state index contributed by atoms with van der Waals surface area (Å²) in [4.78, 5) is 11.8. The van der Waals surface area contributed by atoms with Gasteiger partial charge in [-0.1, -0.05) is 50.8 Å². The highest BCUT2D eigenvalue weighted by atomic mass is 79.9. The summed E-state index contributed by atoms with van der Waals surface area (Å²) in [6.07, 6.45) is 6.14. The smallest absolute Gasteiger partial charge is 0.312 e. The third-order valence-electron chi connectivity index (χ3n) is 3.32. The number of rotatable bonds is 7. The number of ether oxygens (including phenoxy) is 1. The first-order chi connectivity index (χ1) is 9.72. The minimum atomic E-state index is -0.162. The Morgan fingerprint density at radius 1 is 1.20 bits per heavy atom. The minimum Gasteiger partial charge on any atom is -0.408 e. The number of hydrogen-bond acceptors (Lipinski definition) is 2. The minimum absolute atomic E-state index is 0.162. The van der Waals surface area contributed by atoms with E-state index in [0.29, 0.717) is 12.3 Å². The van der Waals surface area contributed by atoms with Gasteiger partial charge in [-0.2, -0.15) is 0 Å². The van der Waals surface area contributed by atoms with Gasteiger partial charge in [-0.3, -0.25) is 4.79 Å². The summed E-state index contributed by atoms with van der Waals surface area (Å²) in [6.45, 7) is 2.18. The number of para-hydroxylation sites is 1. The molecule has 0 atom stereocenters. The molecule has 0 aliphatic heterocycles. The van der Waals surface area contributed by atoms with Crippen LogP contribution in [0.2, 0.25) is 0 Å². The highest BCUT2D eigenvalue weighted by molar-refractivity contribution is 9.08. The van der Waals surface area contributed by atoms with Gasteiger partial charge < -0.3 is 4.74 Å². The van der Waals surface area contributed by atoms with Crippen molar-refractivity contribution in [3.8, 4) is 5.88 Å². The summed E-state index contributed by atoms with van der Waals surface area (Å²) in [5, 5.41) is 1.05. The van der Waals surface area contributed by atoms with E-state index >= 15 is 0 Å². The molecule has 0 amide bonds. The number of hydrogen-bond donors (Lipinski definition) is 0. The fourth-order valence-electron chi connectivity index (χ4n) is 2.21. The van der Waals surface area contributed by atoms with E-state index in [0.717, 1.165) is 23.7 Å². The Labute approximate surface area is 128 Å². The Morgan fingerprint density at radius 2 is 1.95 bits per heavy atom. The predicted molar refractivity (Wildman–Crippen MR) is 85.3 cm³/mol. The average molecular weight is 338 g/mol. The van der Waals surface area contributed by atoms with Crippen molar-refractivity contribution in [2.75, 3.05) is 0 Å². The van der Waals surface area contributed by atoms with Crippen LogP contribution >= 0.6 is 16.1 Å². The van der Waals surface area contributed by atoms with Crippen LogP contribution in [-0.2, 0) is 4.79 Å². The fourth-order valence-corrected chi connectivity index (χ4v) is 2.70. The van der Waals surface area contributed by atoms with Gasteiger partial charge in [0.15, 0.2) is 0 Å². The zero-order valence-electron chi connectivity index (χ0n) is 11.8. The van der Waals surface area contributed by atoms with Crippen LogP contribution in [0.4, 0.5) is 0 Å². The Balaban J connectivity index is 1.88. The van der Waals surface area contributed by atoms with Crippen LogP contribution < -0.4 is 4.74 Å². The van der Waals surface area contributed by atoms with Gasteiger partial charge in [0, 0.05) is 17.9 Å². The maximum Gasteiger partial charge on any atom is 0.312 e. The van der Waals surface area contributed by atoms with Gasteiger partial charge in [-0.25, -0.2) is 3.59 Å². The zero-order chi connectivity index (χ0) is 14.4. The molecule has 0 radical (unpaired) electrons. The highest BCUT2D eigenvalue weighted by Gasteiger charge is 2.11. The Bertz CT molecular complexity index is 577. The molecule has 0 aliphatic carbocycles. The largest absolute Gasteiger partial charge is 0.408 e. The van der Waals surface area contributed by atoms with Crippen molar-refractivity contribution >= 4 is 33.0 Å². The van der Waals surface area contributed by atoms with Crippen molar-refractivity contribution in [1.29, 1.82) is 0 Å².